The maximum absolute atomic E-state index is 4.22. The molecule has 3 rings (SSSR count). The van der Waals surface area contributed by atoms with Crippen molar-refractivity contribution in [2.75, 3.05) is 20.1 Å². The molecule has 1 fully saturated rings. The summed E-state index contributed by atoms with van der Waals surface area (Å²) in [6.07, 6.45) is 5.90. The number of nitrogens with one attached hydrogen (secondary N) is 1. The molecule has 0 aromatic carbocycles. The van der Waals surface area contributed by atoms with Crippen molar-refractivity contribution in [1.29, 1.82) is 0 Å². The Labute approximate surface area is 121 Å². The third-order valence-corrected chi connectivity index (χ3v) is 5.23. The number of rotatable bonds is 3. The molecule has 1 aliphatic heterocycles. The summed E-state index contributed by atoms with van der Waals surface area (Å²) in [5, 5.41) is 11.8. The van der Waals surface area contributed by atoms with Crippen LogP contribution >= 0.6 is 0 Å². The van der Waals surface area contributed by atoms with Crippen molar-refractivity contribution in [3.8, 4) is 0 Å². The first-order valence-electron chi connectivity index (χ1n) is 7.86. The predicted molar refractivity (Wildman–Crippen MR) is 79.3 cm³/mol. The molecule has 112 valence electrons. The molecule has 1 saturated carbocycles. The van der Waals surface area contributed by atoms with Crippen LogP contribution in [0.2, 0.25) is 0 Å². The first-order chi connectivity index (χ1) is 9.60. The molecule has 1 N–H and O–H groups in total. The molecule has 1 aliphatic carbocycles. The van der Waals surface area contributed by atoms with E-state index in [-0.39, 0.29) is 0 Å². The molecule has 0 amide bonds. The van der Waals surface area contributed by atoms with Gasteiger partial charge in [-0.1, -0.05) is 20.3 Å². The highest BCUT2D eigenvalue weighted by molar-refractivity contribution is 4.96. The summed E-state index contributed by atoms with van der Waals surface area (Å²) < 4.78 is 2.18. The molecule has 0 bridgehead atoms. The van der Waals surface area contributed by atoms with Crippen LogP contribution in [0.15, 0.2) is 6.33 Å². The fourth-order valence-electron chi connectivity index (χ4n) is 4.21. The SMILES string of the molecule is CNC1C(CN2CCn3cnnc3C2)CCCC1(C)C. The maximum Gasteiger partial charge on any atom is 0.147 e. The molecule has 5 heteroatoms. The molecular weight excluding hydrogens is 250 g/mol. The molecule has 2 unspecified atom stereocenters. The summed E-state index contributed by atoms with van der Waals surface area (Å²) in [5.74, 6) is 1.87. The van der Waals surface area contributed by atoms with Crippen LogP contribution in [0.3, 0.4) is 0 Å². The van der Waals surface area contributed by atoms with E-state index in [1.807, 2.05) is 6.33 Å². The van der Waals surface area contributed by atoms with Gasteiger partial charge in [0.2, 0.25) is 0 Å². The quantitative estimate of drug-likeness (QED) is 0.909. The van der Waals surface area contributed by atoms with Crippen LogP contribution in [-0.4, -0.2) is 45.8 Å². The Kier molecular flexibility index (Phi) is 3.82. The lowest BCUT2D eigenvalue weighted by molar-refractivity contribution is 0.0742. The second-order valence-electron chi connectivity index (χ2n) is 7.08. The Morgan fingerprint density at radius 3 is 3.05 bits per heavy atom. The van der Waals surface area contributed by atoms with Gasteiger partial charge < -0.3 is 9.88 Å². The number of hydrogen-bond donors (Lipinski definition) is 1. The van der Waals surface area contributed by atoms with Crippen molar-refractivity contribution in [3.63, 3.8) is 0 Å². The molecular formula is C15H27N5. The summed E-state index contributed by atoms with van der Waals surface area (Å²) in [5.41, 5.74) is 0.410. The smallest absolute Gasteiger partial charge is 0.147 e. The Morgan fingerprint density at radius 2 is 2.25 bits per heavy atom. The minimum atomic E-state index is 0.410. The Hall–Kier alpha value is -0.940. The standard InChI is InChI=1S/C15H27N5/c1-15(2)6-4-5-12(14(15)16-3)9-19-7-8-20-11-17-18-13(20)10-19/h11-12,14,16H,4-10H2,1-3H3. The van der Waals surface area contributed by atoms with Crippen molar-refractivity contribution < 1.29 is 0 Å². The molecule has 20 heavy (non-hydrogen) atoms. The van der Waals surface area contributed by atoms with Gasteiger partial charge in [0.15, 0.2) is 0 Å². The fraction of sp³-hybridized carbons (Fsp3) is 0.867. The lowest BCUT2D eigenvalue weighted by Gasteiger charge is -2.46. The minimum absolute atomic E-state index is 0.410. The van der Waals surface area contributed by atoms with Gasteiger partial charge in [-0.05, 0) is 31.2 Å². The summed E-state index contributed by atoms with van der Waals surface area (Å²) in [4.78, 5) is 2.56. The monoisotopic (exact) mass is 277 g/mol. The summed E-state index contributed by atoms with van der Waals surface area (Å²) in [6, 6.07) is 0.621. The van der Waals surface area contributed by atoms with E-state index in [1.54, 1.807) is 0 Å². The predicted octanol–water partition coefficient (Wildman–Crippen LogP) is 1.51. The Bertz CT molecular complexity index is 453. The highest BCUT2D eigenvalue weighted by atomic mass is 15.3. The van der Waals surface area contributed by atoms with Gasteiger partial charge in [-0.15, -0.1) is 10.2 Å². The average molecular weight is 277 g/mol. The van der Waals surface area contributed by atoms with Crippen molar-refractivity contribution in [2.24, 2.45) is 11.3 Å². The zero-order valence-corrected chi connectivity index (χ0v) is 13.0. The summed E-state index contributed by atoms with van der Waals surface area (Å²) >= 11 is 0. The average Bonchev–Trinajstić information content (AvgIpc) is 2.85. The summed E-state index contributed by atoms with van der Waals surface area (Å²) in [7, 11) is 2.12. The zero-order chi connectivity index (χ0) is 14.2. The number of hydrogen-bond acceptors (Lipinski definition) is 4. The van der Waals surface area contributed by atoms with Crippen molar-refractivity contribution in [1.82, 2.24) is 25.0 Å². The normalized spacial score (nSPS) is 30.1. The van der Waals surface area contributed by atoms with Crippen LogP contribution in [0.25, 0.3) is 0 Å². The fourth-order valence-corrected chi connectivity index (χ4v) is 4.21. The molecule has 0 saturated heterocycles. The van der Waals surface area contributed by atoms with Gasteiger partial charge >= 0.3 is 0 Å². The van der Waals surface area contributed by atoms with Gasteiger partial charge in [-0.25, -0.2) is 0 Å². The first kappa shape index (κ1) is 14.0. The minimum Gasteiger partial charge on any atom is -0.316 e. The topological polar surface area (TPSA) is 46.0 Å². The second kappa shape index (κ2) is 5.45. The molecule has 5 nitrogen and oxygen atoms in total. The van der Waals surface area contributed by atoms with Crippen LogP contribution in [0, 0.1) is 11.3 Å². The van der Waals surface area contributed by atoms with Crippen molar-refractivity contribution >= 4 is 0 Å². The van der Waals surface area contributed by atoms with Crippen LogP contribution in [0.1, 0.15) is 38.9 Å². The molecule has 1 aromatic rings. The number of aromatic nitrogens is 3. The van der Waals surface area contributed by atoms with Crippen LogP contribution in [-0.2, 0) is 13.1 Å². The lowest BCUT2D eigenvalue weighted by Crippen LogP contribution is -2.52. The molecule has 2 aliphatic rings. The highest BCUT2D eigenvalue weighted by Crippen LogP contribution is 2.39. The molecule has 1 aromatic heterocycles. The number of nitrogens with zero attached hydrogens (tertiary/aromatic N) is 4. The van der Waals surface area contributed by atoms with E-state index >= 15 is 0 Å². The molecule has 2 heterocycles. The van der Waals surface area contributed by atoms with Gasteiger partial charge in [0, 0.05) is 25.7 Å². The van der Waals surface area contributed by atoms with E-state index in [2.05, 4.69) is 45.9 Å². The van der Waals surface area contributed by atoms with E-state index < -0.39 is 0 Å². The first-order valence-corrected chi connectivity index (χ1v) is 7.86. The van der Waals surface area contributed by atoms with Crippen LogP contribution in [0.5, 0.6) is 0 Å². The van der Waals surface area contributed by atoms with Crippen molar-refractivity contribution in [3.05, 3.63) is 12.2 Å². The largest absolute Gasteiger partial charge is 0.316 e. The molecule has 0 spiro atoms. The Morgan fingerprint density at radius 1 is 1.40 bits per heavy atom. The second-order valence-corrected chi connectivity index (χ2v) is 7.08. The van der Waals surface area contributed by atoms with Crippen LogP contribution < -0.4 is 5.32 Å². The van der Waals surface area contributed by atoms with E-state index in [4.69, 9.17) is 0 Å². The maximum atomic E-state index is 4.22. The van der Waals surface area contributed by atoms with E-state index in [0.717, 1.165) is 31.4 Å². The molecule has 2 atom stereocenters. The van der Waals surface area contributed by atoms with Gasteiger partial charge in [-0.3, -0.25) is 4.90 Å². The Balaban J connectivity index is 1.65. The van der Waals surface area contributed by atoms with E-state index in [0.29, 0.717) is 11.5 Å². The van der Waals surface area contributed by atoms with E-state index in [1.165, 1.54) is 25.8 Å². The third kappa shape index (κ3) is 2.61. The zero-order valence-electron chi connectivity index (χ0n) is 13.0. The van der Waals surface area contributed by atoms with Gasteiger partial charge in [0.05, 0.1) is 6.54 Å². The van der Waals surface area contributed by atoms with E-state index in [9.17, 15) is 0 Å². The van der Waals surface area contributed by atoms with Gasteiger partial charge in [-0.2, -0.15) is 0 Å². The van der Waals surface area contributed by atoms with Crippen molar-refractivity contribution in [2.45, 2.75) is 52.2 Å². The van der Waals surface area contributed by atoms with Gasteiger partial charge in [0.1, 0.15) is 12.2 Å². The van der Waals surface area contributed by atoms with Gasteiger partial charge in [0.25, 0.3) is 0 Å². The third-order valence-electron chi connectivity index (χ3n) is 5.23. The lowest BCUT2D eigenvalue weighted by atomic mass is 9.68. The number of fused-ring (bicyclic) bond motifs is 1. The highest BCUT2D eigenvalue weighted by Gasteiger charge is 2.38. The summed E-state index contributed by atoms with van der Waals surface area (Å²) in [6.45, 7) is 9.11. The van der Waals surface area contributed by atoms with Crippen LogP contribution in [0.4, 0.5) is 0 Å². The molecule has 0 radical (unpaired) electrons.